The van der Waals surface area contributed by atoms with Crippen molar-refractivity contribution < 1.29 is 23.8 Å². The van der Waals surface area contributed by atoms with Crippen molar-refractivity contribution in [2.75, 3.05) is 19.1 Å². The van der Waals surface area contributed by atoms with Gasteiger partial charge >= 0.3 is 0 Å². The number of hydrogen-bond donors (Lipinski definition) is 2. The molecule has 0 spiro atoms. The molecule has 3 aromatic rings. The van der Waals surface area contributed by atoms with E-state index < -0.39 is 10.8 Å². The molecule has 2 aliphatic heterocycles. The number of ether oxygens (including phenoxy) is 2. The highest BCUT2D eigenvalue weighted by molar-refractivity contribution is 5.94. The molecule has 1 amide bonds. The number of nitrogens with two attached hydrogens (primary N) is 1. The Hall–Kier alpha value is -4.60. The van der Waals surface area contributed by atoms with E-state index in [4.69, 9.17) is 15.2 Å². The molecule has 0 bridgehead atoms. The van der Waals surface area contributed by atoms with Gasteiger partial charge in [0.05, 0.1) is 28.5 Å². The van der Waals surface area contributed by atoms with Gasteiger partial charge in [0.1, 0.15) is 0 Å². The Morgan fingerprint density at radius 2 is 2.14 bits per heavy atom. The van der Waals surface area contributed by atoms with E-state index in [1.807, 2.05) is 0 Å². The normalized spacial score (nSPS) is 17.5. The molecule has 1 fully saturated rings. The number of aromatic nitrogens is 5. The fraction of sp³-hybridized carbons (Fsp3) is 0.400. The number of nitrogen functional groups attached to an aromatic ring is 1. The molecule has 1 aromatic carbocycles. The fourth-order valence-corrected chi connectivity index (χ4v) is 4.13. The second-order valence-corrected chi connectivity index (χ2v) is 8.31. The number of hydrazone groups is 1. The third kappa shape index (κ3) is 4.40. The number of hydrogen-bond acceptors (Lipinski definition) is 13. The summed E-state index contributed by atoms with van der Waals surface area (Å²) in [5.74, 6) is 0.0370. The van der Waals surface area contributed by atoms with Gasteiger partial charge in [-0.05, 0) is 42.7 Å². The van der Waals surface area contributed by atoms with Crippen LogP contribution in [0, 0.1) is 10.1 Å². The fourth-order valence-electron chi connectivity index (χ4n) is 4.13. The summed E-state index contributed by atoms with van der Waals surface area (Å²) in [7, 11) is 0. The topological polar surface area (TPSA) is 202 Å². The number of benzene rings is 1. The quantitative estimate of drug-likeness (QED) is 0.266. The van der Waals surface area contributed by atoms with Crippen molar-refractivity contribution in [1.82, 2.24) is 35.6 Å². The van der Waals surface area contributed by atoms with E-state index >= 15 is 0 Å². The van der Waals surface area contributed by atoms with E-state index in [0.29, 0.717) is 18.0 Å². The number of anilines is 1. The maximum atomic E-state index is 13.0. The second kappa shape index (κ2) is 9.57. The number of nitro benzene ring substituents is 1. The number of nitrogens with zero attached hydrogens (tertiary/aromatic N) is 8. The standard InChI is InChI=1S/C20H22N10O6/c1-11-4-2-3-5-28(11)9-14-17(23-27-29(14)19-18(21)25-36-26-19)20(31)24-22-8-12-6-15-16(35-10-34-15)7-13(12)30(32)33/h6-8,11H,2-5,9-10H2,1H3,(H2,21,25)(H,24,31)/b22-8-. The lowest BCUT2D eigenvalue weighted by molar-refractivity contribution is -0.385. The number of nitrogens with one attached hydrogen (secondary N) is 1. The van der Waals surface area contributed by atoms with E-state index in [9.17, 15) is 14.9 Å². The molecule has 0 radical (unpaired) electrons. The molecule has 5 rings (SSSR count). The van der Waals surface area contributed by atoms with Gasteiger partial charge in [-0.1, -0.05) is 11.6 Å². The highest BCUT2D eigenvalue weighted by atomic mass is 16.7. The molecule has 2 aliphatic rings. The first-order chi connectivity index (χ1) is 17.4. The van der Waals surface area contributed by atoms with Gasteiger partial charge in [-0.15, -0.1) is 5.10 Å². The van der Waals surface area contributed by atoms with Gasteiger partial charge in [-0.3, -0.25) is 19.8 Å². The molecule has 0 aliphatic carbocycles. The Bertz CT molecular complexity index is 1330. The third-order valence-corrected chi connectivity index (χ3v) is 6.06. The number of carbonyl (C=O) groups is 1. The molecular weight excluding hydrogens is 476 g/mol. The number of piperidine rings is 1. The van der Waals surface area contributed by atoms with Gasteiger partial charge in [-0.25, -0.2) is 10.1 Å². The van der Waals surface area contributed by atoms with Crippen molar-refractivity contribution in [2.45, 2.75) is 38.8 Å². The monoisotopic (exact) mass is 498 g/mol. The zero-order valence-corrected chi connectivity index (χ0v) is 19.2. The Morgan fingerprint density at radius 1 is 1.33 bits per heavy atom. The Balaban J connectivity index is 1.41. The summed E-state index contributed by atoms with van der Waals surface area (Å²) in [6.07, 6.45) is 4.33. The van der Waals surface area contributed by atoms with Gasteiger partial charge in [0, 0.05) is 12.6 Å². The Kier molecular flexibility index (Phi) is 6.16. The molecule has 1 atom stereocenters. The van der Waals surface area contributed by atoms with Crippen LogP contribution in [0.2, 0.25) is 0 Å². The average Bonchev–Trinajstić information content (AvgIpc) is 3.59. The maximum absolute atomic E-state index is 13.0. The summed E-state index contributed by atoms with van der Waals surface area (Å²) in [5, 5.41) is 30.7. The van der Waals surface area contributed by atoms with E-state index in [2.05, 4.69) is 47.6 Å². The summed E-state index contributed by atoms with van der Waals surface area (Å²) in [6, 6.07) is 2.94. The van der Waals surface area contributed by atoms with Crippen molar-refractivity contribution in [2.24, 2.45) is 5.10 Å². The molecule has 16 heteroatoms. The van der Waals surface area contributed by atoms with Gasteiger partial charge in [-0.2, -0.15) is 9.78 Å². The molecule has 16 nitrogen and oxygen atoms in total. The molecule has 0 saturated carbocycles. The van der Waals surface area contributed by atoms with E-state index in [1.165, 1.54) is 16.8 Å². The minimum absolute atomic E-state index is 0.00654. The first kappa shape index (κ1) is 23.2. The molecule has 36 heavy (non-hydrogen) atoms. The smallest absolute Gasteiger partial charge is 0.293 e. The zero-order chi connectivity index (χ0) is 25.2. The lowest BCUT2D eigenvalue weighted by atomic mass is 10.0. The number of carbonyl (C=O) groups excluding carboxylic acids is 1. The number of fused-ring (bicyclic) bond motifs is 1. The van der Waals surface area contributed by atoms with Crippen molar-refractivity contribution in [3.63, 3.8) is 0 Å². The van der Waals surface area contributed by atoms with Crippen LogP contribution in [0.15, 0.2) is 21.9 Å². The van der Waals surface area contributed by atoms with Crippen molar-refractivity contribution in [3.05, 3.63) is 39.2 Å². The molecule has 188 valence electrons. The Labute approximate surface area is 203 Å². The van der Waals surface area contributed by atoms with Gasteiger partial charge < -0.3 is 15.2 Å². The van der Waals surface area contributed by atoms with Crippen LogP contribution < -0.4 is 20.6 Å². The van der Waals surface area contributed by atoms with Crippen molar-refractivity contribution in [1.29, 1.82) is 0 Å². The number of amides is 1. The van der Waals surface area contributed by atoms with Crippen LogP contribution in [0.3, 0.4) is 0 Å². The van der Waals surface area contributed by atoms with E-state index in [0.717, 1.165) is 32.0 Å². The van der Waals surface area contributed by atoms with Crippen LogP contribution in [-0.4, -0.2) is 66.6 Å². The lowest BCUT2D eigenvalue weighted by Crippen LogP contribution is -2.38. The zero-order valence-electron chi connectivity index (χ0n) is 19.2. The average molecular weight is 498 g/mol. The number of likely N-dealkylation sites (tertiary alicyclic amines) is 1. The third-order valence-electron chi connectivity index (χ3n) is 6.06. The van der Waals surface area contributed by atoms with Crippen LogP contribution in [0.25, 0.3) is 5.82 Å². The molecule has 1 unspecified atom stereocenters. The van der Waals surface area contributed by atoms with Gasteiger partial charge in [0.2, 0.25) is 18.4 Å². The van der Waals surface area contributed by atoms with Crippen LogP contribution in [-0.2, 0) is 6.54 Å². The number of nitro groups is 1. The molecule has 2 aromatic heterocycles. The predicted molar refractivity (Wildman–Crippen MR) is 122 cm³/mol. The molecule has 4 heterocycles. The van der Waals surface area contributed by atoms with Crippen LogP contribution in [0.5, 0.6) is 11.5 Å². The highest BCUT2D eigenvalue weighted by Gasteiger charge is 2.28. The van der Waals surface area contributed by atoms with Crippen LogP contribution in [0.1, 0.15) is 47.9 Å². The summed E-state index contributed by atoms with van der Waals surface area (Å²) in [6.45, 7) is 3.26. The first-order valence-electron chi connectivity index (χ1n) is 11.1. The minimum Gasteiger partial charge on any atom is -0.454 e. The van der Waals surface area contributed by atoms with Gasteiger partial charge in [0.25, 0.3) is 11.6 Å². The molecule has 3 N–H and O–H groups in total. The second-order valence-electron chi connectivity index (χ2n) is 8.31. The summed E-state index contributed by atoms with van der Waals surface area (Å²) >= 11 is 0. The minimum atomic E-state index is -0.671. The molecular formula is C20H22N10O6. The first-order valence-corrected chi connectivity index (χ1v) is 11.1. The maximum Gasteiger partial charge on any atom is 0.293 e. The summed E-state index contributed by atoms with van der Waals surface area (Å²) < 4.78 is 16.4. The summed E-state index contributed by atoms with van der Waals surface area (Å²) in [5.41, 5.74) is 8.48. The summed E-state index contributed by atoms with van der Waals surface area (Å²) in [4.78, 5) is 26.1. The highest BCUT2D eigenvalue weighted by Crippen LogP contribution is 2.37. The lowest BCUT2D eigenvalue weighted by Gasteiger charge is -2.33. The SMILES string of the molecule is CC1CCCCN1Cc1c(C(=O)N/N=C\c2cc3c(cc2[N+](=O)[O-])OCO3)nnn1-c1nonc1N. The molecule has 1 saturated heterocycles. The largest absolute Gasteiger partial charge is 0.454 e. The number of rotatable bonds is 7. The van der Waals surface area contributed by atoms with Crippen LogP contribution >= 0.6 is 0 Å². The van der Waals surface area contributed by atoms with E-state index in [-0.39, 0.29) is 47.2 Å². The van der Waals surface area contributed by atoms with Crippen LogP contribution in [0.4, 0.5) is 11.5 Å². The predicted octanol–water partition coefficient (Wildman–Crippen LogP) is 1.01. The van der Waals surface area contributed by atoms with Crippen molar-refractivity contribution in [3.8, 4) is 17.3 Å². The van der Waals surface area contributed by atoms with Gasteiger partial charge in [0.15, 0.2) is 17.2 Å². The van der Waals surface area contributed by atoms with E-state index in [1.54, 1.807) is 0 Å². The van der Waals surface area contributed by atoms with Crippen molar-refractivity contribution >= 4 is 23.6 Å². The Morgan fingerprint density at radius 3 is 2.86 bits per heavy atom.